The van der Waals surface area contributed by atoms with Gasteiger partial charge in [-0.2, -0.15) is 0 Å². The zero-order valence-corrected chi connectivity index (χ0v) is 22.3. The van der Waals surface area contributed by atoms with Gasteiger partial charge in [-0.1, -0.05) is 17.7 Å². The Morgan fingerprint density at radius 2 is 1.95 bits per heavy atom. The summed E-state index contributed by atoms with van der Waals surface area (Å²) in [4.78, 5) is 51.0. The predicted octanol–water partition coefficient (Wildman–Crippen LogP) is 2.81. The van der Waals surface area contributed by atoms with E-state index in [0.29, 0.717) is 27.4 Å². The maximum Gasteiger partial charge on any atom is 0.289 e. The molecule has 1 aliphatic heterocycles. The van der Waals surface area contributed by atoms with Gasteiger partial charge in [0.1, 0.15) is 11.9 Å². The van der Waals surface area contributed by atoms with Crippen LogP contribution in [0.2, 0.25) is 4.34 Å². The van der Waals surface area contributed by atoms with Crippen LogP contribution < -0.4 is 21.5 Å². The summed E-state index contributed by atoms with van der Waals surface area (Å²) < 4.78 is 18.2. The number of rotatable bonds is 9. The van der Waals surface area contributed by atoms with E-state index in [4.69, 9.17) is 11.6 Å². The molecule has 3 aromatic rings. The van der Waals surface area contributed by atoms with Crippen molar-refractivity contribution in [3.05, 3.63) is 80.1 Å². The summed E-state index contributed by atoms with van der Waals surface area (Å²) >= 11 is 7.09. The minimum atomic E-state index is -0.708. The number of nitrogens with one attached hydrogen (secondary N) is 3. The number of hydrogen-bond acceptors (Lipinski definition) is 5. The molecule has 1 fully saturated rings. The number of hydrogen-bond donors (Lipinski definition) is 3. The van der Waals surface area contributed by atoms with Gasteiger partial charge in [0.25, 0.3) is 23.3 Å². The maximum absolute atomic E-state index is 14.8. The first-order valence-corrected chi connectivity index (χ1v) is 13.7. The SMILES string of the molecule is O=C(C[N+]1=C[C@H](NC(=O)c2ccc(Cl)s2)C[C@H]1C(=O)NCC1CC1)Nc1ccc(-n2ccccc2=O)cc1F. The second-order valence-corrected chi connectivity index (χ2v) is 11.3. The number of aromatic nitrogens is 1. The van der Waals surface area contributed by atoms with Crippen molar-refractivity contribution in [2.24, 2.45) is 5.92 Å². The first-order valence-electron chi connectivity index (χ1n) is 12.5. The van der Waals surface area contributed by atoms with E-state index in [2.05, 4.69) is 16.0 Å². The lowest BCUT2D eigenvalue weighted by molar-refractivity contribution is -0.529. The molecule has 3 N–H and O–H groups in total. The van der Waals surface area contributed by atoms with Gasteiger partial charge < -0.3 is 16.0 Å². The quantitative estimate of drug-likeness (QED) is 0.343. The van der Waals surface area contributed by atoms with Gasteiger partial charge in [-0.3, -0.25) is 23.7 Å². The highest BCUT2D eigenvalue weighted by Gasteiger charge is 2.41. The molecule has 39 heavy (non-hydrogen) atoms. The fraction of sp³-hybridized carbons (Fsp3) is 0.296. The highest BCUT2D eigenvalue weighted by atomic mass is 35.5. The molecule has 1 aliphatic carbocycles. The molecule has 1 saturated carbocycles. The summed E-state index contributed by atoms with van der Waals surface area (Å²) in [6, 6.07) is 10.8. The molecule has 0 saturated heterocycles. The number of nitrogens with zero attached hydrogens (tertiary/aromatic N) is 2. The highest BCUT2D eigenvalue weighted by Crippen LogP contribution is 2.28. The standard InChI is InChI=1S/C27H25ClFN5O4S/c28-23-9-8-22(39-23)27(38)31-17-11-21(26(37)30-13-16-4-5-16)33(14-17)15-24(35)32-20-7-6-18(12-19(20)29)34-10-2-1-3-25(34)36/h1-3,6-10,12,14,16-17,21H,4-5,11,13,15H2,(H2-,30,31,32,35,37,38)/p+1/t17-,21+/m1/s1. The van der Waals surface area contributed by atoms with Gasteiger partial charge in [0.05, 0.1) is 20.6 Å². The van der Waals surface area contributed by atoms with Crippen LogP contribution in [-0.4, -0.2) is 58.3 Å². The molecule has 1 aromatic carbocycles. The van der Waals surface area contributed by atoms with Crippen LogP contribution >= 0.6 is 22.9 Å². The van der Waals surface area contributed by atoms with E-state index < -0.39 is 23.8 Å². The van der Waals surface area contributed by atoms with Crippen molar-refractivity contribution in [3.63, 3.8) is 0 Å². The van der Waals surface area contributed by atoms with Gasteiger partial charge in [0, 0.05) is 31.3 Å². The smallest absolute Gasteiger partial charge is 0.289 e. The fourth-order valence-electron chi connectivity index (χ4n) is 4.40. The maximum atomic E-state index is 14.8. The van der Waals surface area contributed by atoms with E-state index in [0.717, 1.165) is 30.2 Å². The number of thiophene rings is 1. The summed E-state index contributed by atoms with van der Waals surface area (Å²) in [6.07, 6.45) is 5.61. The Labute approximate surface area is 232 Å². The number of benzene rings is 1. The minimum absolute atomic E-state index is 0.0545. The number of carbonyl (C=O) groups excluding carboxylic acids is 3. The zero-order chi connectivity index (χ0) is 27.5. The highest BCUT2D eigenvalue weighted by molar-refractivity contribution is 7.18. The lowest BCUT2D eigenvalue weighted by Gasteiger charge is -2.12. The van der Waals surface area contributed by atoms with Crippen LogP contribution in [-0.2, 0) is 9.59 Å². The number of halogens is 2. The molecule has 2 atom stereocenters. The normalized spacial score (nSPS) is 18.4. The van der Waals surface area contributed by atoms with Crippen LogP contribution in [0.15, 0.2) is 59.5 Å². The van der Waals surface area contributed by atoms with E-state index in [9.17, 15) is 23.6 Å². The molecule has 2 aromatic heterocycles. The van der Waals surface area contributed by atoms with Gasteiger partial charge in [0.15, 0.2) is 6.21 Å². The molecule has 3 heterocycles. The Kier molecular flexibility index (Phi) is 7.89. The van der Waals surface area contributed by atoms with E-state index >= 15 is 0 Å². The Balaban J connectivity index is 1.28. The molecule has 0 unspecified atom stereocenters. The fourth-order valence-corrected chi connectivity index (χ4v) is 5.35. The summed E-state index contributed by atoms with van der Waals surface area (Å²) in [6.45, 7) is 0.347. The van der Waals surface area contributed by atoms with Crippen LogP contribution in [0.3, 0.4) is 0 Å². The molecule has 3 amide bonds. The third-order valence-corrected chi connectivity index (χ3v) is 7.81. The molecule has 0 bridgehead atoms. The zero-order valence-electron chi connectivity index (χ0n) is 20.7. The average molecular weight is 571 g/mol. The number of amides is 3. The topological polar surface area (TPSA) is 112 Å². The predicted molar refractivity (Wildman–Crippen MR) is 147 cm³/mol. The Morgan fingerprint density at radius 1 is 1.13 bits per heavy atom. The van der Waals surface area contributed by atoms with E-state index in [-0.39, 0.29) is 36.0 Å². The first kappa shape index (κ1) is 26.8. The molecule has 9 nitrogen and oxygen atoms in total. The van der Waals surface area contributed by atoms with Gasteiger partial charge >= 0.3 is 0 Å². The number of anilines is 1. The third kappa shape index (κ3) is 6.61. The van der Waals surface area contributed by atoms with Gasteiger partial charge in [-0.05, 0) is 49.1 Å². The molecule has 5 rings (SSSR count). The molecule has 0 radical (unpaired) electrons. The summed E-state index contributed by atoms with van der Waals surface area (Å²) in [7, 11) is 0. The van der Waals surface area contributed by atoms with Crippen molar-refractivity contribution in [3.8, 4) is 5.69 Å². The summed E-state index contributed by atoms with van der Waals surface area (Å²) in [5, 5.41) is 8.35. The molecule has 2 aliphatic rings. The lowest BCUT2D eigenvalue weighted by atomic mass is 10.1. The lowest BCUT2D eigenvalue weighted by Crippen LogP contribution is -2.43. The Morgan fingerprint density at radius 3 is 2.64 bits per heavy atom. The molecule has 0 spiro atoms. The van der Waals surface area contributed by atoms with Crippen LogP contribution in [0.5, 0.6) is 0 Å². The molecular formula is C27H26ClFN5O4S+. The van der Waals surface area contributed by atoms with E-state index in [1.54, 1.807) is 35.1 Å². The van der Waals surface area contributed by atoms with E-state index in [1.165, 1.54) is 29.0 Å². The van der Waals surface area contributed by atoms with Gasteiger partial charge in [-0.15, -0.1) is 11.3 Å². The number of carbonyl (C=O) groups is 3. The summed E-state index contributed by atoms with van der Waals surface area (Å²) in [5.41, 5.74) is -0.0452. The van der Waals surface area contributed by atoms with Crippen molar-refractivity contribution >= 4 is 52.6 Å². The van der Waals surface area contributed by atoms with Gasteiger partial charge in [-0.25, -0.2) is 8.97 Å². The monoisotopic (exact) mass is 570 g/mol. The molecular weight excluding hydrogens is 545 g/mol. The number of pyridine rings is 1. The van der Waals surface area contributed by atoms with Crippen LogP contribution in [0.1, 0.15) is 28.9 Å². The van der Waals surface area contributed by atoms with Crippen molar-refractivity contribution in [2.45, 2.75) is 31.3 Å². The van der Waals surface area contributed by atoms with Crippen molar-refractivity contribution in [2.75, 3.05) is 18.4 Å². The van der Waals surface area contributed by atoms with Crippen molar-refractivity contribution < 1.29 is 23.3 Å². The minimum Gasteiger partial charge on any atom is -0.350 e. The Bertz CT molecular complexity index is 1520. The Hall–Kier alpha value is -3.83. The largest absolute Gasteiger partial charge is 0.350 e. The second-order valence-electron chi connectivity index (χ2n) is 9.57. The first-order chi connectivity index (χ1) is 18.8. The van der Waals surface area contributed by atoms with Crippen molar-refractivity contribution in [1.29, 1.82) is 0 Å². The van der Waals surface area contributed by atoms with Crippen LogP contribution in [0.25, 0.3) is 5.69 Å². The average Bonchev–Trinajstić information content (AvgIpc) is 3.51. The van der Waals surface area contributed by atoms with Crippen molar-refractivity contribution in [1.82, 2.24) is 15.2 Å². The summed E-state index contributed by atoms with van der Waals surface area (Å²) in [5.74, 6) is -1.32. The van der Waals surface area contributed by atoms with Gasteiger partial charge in [0.2, 0.25) is 12.6 Å². The second kappa shape index (κ2) is 11.5. The molecule has 202 valence electrons. The third-order valence-electron chi connectivity index (χ3n) is 6.58. The van der Waals surface area contributed by atoms with Crippen LogP contribution in [0.4, 0.5) is 10.1 Å². The van der Waals surface area contributed by atoms with Crippen LogP contribution in [0, 0.1) is 11.7 Å². The molecule has 12 heteroatoms. The van der Waals surface area contributed by atoms with E-state index in [1.807, 2.05) is 0 Å².